The molecule has 1 nitrogen and oxygen atoms in total. The molecular weight excluding hydrogens is 490 g/mol. The van der Waals surface area contributed by atoms with E-state index in [0.717, 1.165) is 0 Å². The Bertz CT molecular complexity index is 2190. The van der Waals surface area contributed by atoms with Crippen LogP contribution in [0.15, 0.2) is 133 Å². The van der Waals surface area contributed by atoms with E-state index in [1.165, 1.54) is 75.5 Å². The van der Waals surface area contributed by atoms with E-state index in [-0.39, 0.29) is 5.92 Å². The predicted octanol–water partition coefficient (Wildman–Crippen LogP) is 10.3. The van der Waals surface area contributed by atoms with Crippen LogP contribution in [0.3, 0.4) is 0 Å². The van der Waals surface area contributed by atoms with Crippen molar-refractivity contribution in [3.63, 3.8) is 0 Å². The van der Waals surface area contributed by atoms with Crippen LogP contribution in [0, 0.1) is 0 Å². The van der Waals surface area contributed by atoms with Gasteiger partial charge in [-0.1, -0.05) is 103 Å². The minimum atomic E-state index is 0.241. The Balaban J connectivity index is 1.39. The largest absolute Gasteiger partial charge is 0.308 e. The molecule has 8 aromatic rings. The molecule has 0 saturated heterocycles. The summed E-state index contributed by atoms with van der Waals surface area (Å²) in [6, 6.07) is 49.3. The van der Waals surface area contributed by atoms with E-state index < -0.39 is 0 Å². The molecule has 0 unspecified atom stereocenters. The Morgan fingerprint density at radius 2 is 1.18 bits per heavy atom. The van der Waals surface area contributed by atoms with Crippen LogP contribution in [0.2, 0.25) is 0 Å². The molecule has 182 valence electrons. The van der Waals surface area contributed by atoms with Crippen LogP contribution in [0.4, 0.5) is 0 Å². The summed E-state index contributed by atoms with van der Waals surface area (Å²) in [5.74, 6) is 0.241. The summed E-state index contributed by atoms with van der Waals surface area (Å²) in [4.78, 5) is 0. The van der Waals surface area contributed by atoms with Crippen molar-refractivity contribution >= 4 is 53.3 Å². The lowest BCUT2D eigenvalue weighted by molar-refractivity contribution is 1.02. The topological polar surface area (TPSA) is 4.93 Å². The highest BCUT2D eigenvalue weighted by atomic mass is 32.1. The first-order chi connectivity index (χ1) is 19.4. The summed E-state index contributed by atoms with van der Waals surface area (Å²) in [5.41, 5.74) is 10.6. The van der Waals surface area contributed by atoms with E-state index in [1.54, 1.807) is 0 Å². The summed E-state index contributed by atoms with van der Waals surface area (Å²) in [5, 5.41) is 5.30. The molecule has 0 N–H and O–H groups in total. The first kappa shape index (κ1) is 21.3. The molecule has 1 aliphatic carbocycles. The molecule has 9 rings (SSSR count). The van der Waals surface area contributed by atoms with Gasteiger partial charge in [0, 0.05) is 37.9 Å². The van der Waals surface area contributed by atoms with Gasteiger partial charge in [0.2, 0.25) is 0 Å². The molecule has 2 heterocycles. The summed E-state index contributed by atoms with van der Waals surface area (Å²) in [6.07, 6.45) is 0. The Morgan fingerprint density at radius 3 is 1.97 bits per heavy atom. The van der Waals surface area contributed by atoms with Crippen LogP contribution < -0.4 is 0 Å². The molecule has 2 heteroatoms. The van der Waals surface area contributed by atoms with Crippen LogP contribution in [0.25, 0.3) is 58.8 Å². The highest BCUT2D eigenvalue weighted by Gasteiger charge is 2.30. The molecule has 0 saturated carbocycles. The Hall–Kier alpha value is -4.66. The van der Waals surface area contributed by atoms with E-state index in [1.807, 2.05) is 11.3 Å². The van der Waals surface area contributed by atoms with Gasteiger partial charge in [0.05, 0.1) is 15.7 Å². The lowest BCUT2D eigenvalue weighted by Crippen LogP contribution is -1.99. The summed E-state index contributed by atoms with van der Waals surface area (Å²) >= 11 is 1.91. The van der Waals surface area contributed by atoms with Gasteiger partial charge in [0.25, 0.3) is 0 Å². The monoisotopic (exact) mass is 513 g/mol. The zero-order chi connectivity index (χ0) is 25.5. The van der Waals surface area contributed by atoms with Crippen molar-refractivity contribution in [3.8, 4) is 16.8 Å². The number of benzene rings is 6. The van der Waals surface area contributed by atoms with Crippen molar-refractivity contribution in [1.82, 2.24) is 4.57 Å². The van der Waals surface area contributed by atoms with Crippen LogP contribution in [0.5, 0.6) is 0 Å². The van der Waals surface area contributed by atoms with E-state index in [2.05, 4.69) is 138 Å². The molecule has 0 aliphatic heterocycles. The van der Waals surface area contributed by atoms with Gasteiger partial charge in [-0.05, 0) is 58.1 Å². The van der Waals surface area contributed by atoms with Gasteiger partial charge in [-0.2, -0.15) is 0 Å². The number of para-hydroxylation sites is 1. The second-order valence-electron chi connectivity index (χ2n) is 10.5. The standard InChI is InChI=1S/C37H23NS/c1-2-10-24(11-3-1)38-33-21-18-23(35-28-15-6-4-12-25(28)26-13-5-7-16-29(26)35)22-32(33)30-19-20-31-27-14-8-9-17-34(27)39-37(31)36(30)38/h1-22,35H. The molecule has 0 spiro atoms. The van der Waals surface area contributed by atoms with E-state index >= 15 is 0 Å². The van der Waals surface area contributed by atoms with Crippen molar-refractivity contribution in [2.45, 2.75) is 5.92 Å². The number of hydrogen-bond acceptors (Lipinski definition) is 1. The van der Waals surface area contributed by atoms with Gasteiger partial charge in [0.1, 0.15) is 0 Å². The maximum absolute atomic E-state index is 2.47. The highest BCUT2D eigenvalue weighted by Crippen LogP contribution is 2.49. The number of fused-ring (bicyclic) bond motifs is 10. The Labute approximate surface area is 230 Å². The maximum atomic E-state index is 2.47. The fraction of sp³-hybridized carbons (Fsp3) is 0.0270. The summed E-state index contributed by atoms with van der Waals surface area (Å²) in [6.45, 7) is 0. The third-order valence-electron chi connectivity index (χ3n) is 8.48. The minimum absolute atomic E-state index is 0.241. The lowest BCUT2D eigenvalue weighted by atomic mass is 9.88. The SMILES string of the molecule is c1ccc(-n2c3ccc(C4c5ccccc5-c5ccccc54)cc3c3ccc4c5ccccc5sc4c32)cc1. The van der Waals surface area contributed by atoms with Gasteiger partial charge in [-0.3, -0.25) is 0 Å². The number of rotatable bonds is 2. The van der Waals surface area contributed by atoms with Gasteiger partial charge in [-0.25, -0.2) is 0 Å². The molecule has 0 atom stereocenters. The van der Waals surface area contributed by atoms with Crippen molar-refractivity contribution in [2.75, 3.05) is 0 Å². The Kier molecular flexibility index (Phi) is 4.33. The molecule has 1 aliphatic rings. The van der Waals surface area contributed by atoms with Crippen molar-refractivity contribution in [3.05, 3.63) is 150 Å². The molecule has 0 radical (unpaired) electrons. The van der Waals surface area contributed by atoms with E-state index in [0.29, 0.717) is 0 Å². The van der Waals surface area contributed by atoms with Gasteiger partial charge in [0.15, 0.2) is 0 Å². The molecule has 2 aromatic heterocycles. The third kappa shape index (κ3) is 2.90. The lowest BCUT2D eigenvalue weighted by Gasteiger charge is -2.15. The zero-order valence-corrected chi connectivity index (χ0v) is 22.0. The predicted molar refractivity (Wildman–Crippen MR) is 166 cm³/mol. The number of aromatic nitrogens is 1. The minimum Gasteiger partial charge on any atom is -0.308 e. The summed E-state index contributed by atoms with van der Waals surface area (Å²) in [7, 11) is 0. The van der Waals surface area contributed by atoms with Crippen molar-refractivity contribution < 1.29 is 0 Å². The van der Waals surface area contributed by atoms with Gasteiger partial charge in [-0.15, -0.1) is 11.3 Å². The average Bonchev–Trinajstić information content (AvgIpc) is 3.65. The Morgan fingerprint density at radius 1 is 0.513 bits per heavy atom. The smallest absolute Gasteiger partial charge is 0.0719 e. The number of thiophene rings is 1. The first-order valence-corrected chi connectivity index (χ1v) is 14.3. The summed E-state index contributed by atoms with van der Waals surface area (Å²) < 4.78 is 5.17. The molecule has 6 aromatic carbocycles. The number of hydrogen-bond donors (Lipinski definition) is 0. The van der Waals surface area contributed by atoms with E-state index in [4.69, 9.17) is 0 Å². The first-order valence-electron chi connectivity index (χ1n) is 13.5. The molecule has 0 amide bonds. The van der Waals surface area contributed by atoms with Crippen molar-refractivity contribution in [2.24, 2.45) is 0 Å². The molecule has 39 heavy (non-hydrogen) atoms. The average molecular weight is 514 g/mol. The van der Waals surface area contributed by atoms with Crippen molar-refractivity contribution in [1.29, 1.82) is 0 Å². The fourth-order valence-corrected chi connectivity index (χ4v) is 8.08. The second kappa shape index (κ2) is 7.92. The van der Waals surface area contributed by atoms with Gasteiger partial charge < -0.3 is 4.57 Å². The van der Waals surface area contributed by atoms with Gasteiger partial charge >= 0.3 is 0 Å². The maximum Gasteiger partial charge on any atom is 0.0719 e. The number of nitrogens with zero attached hydrogens (tertiary/aromatic N) is 1. The highest BCUT2D eigenvalue weighted by molar-refractivity contribution is 7.26. The molecule has 0 fully saturated rings. The normalized spacial score (nSPS) is 13.0. The van der Waals surface area contributed by atoms with Crippen LogP contribution in [0.1, 0.15) is 22.6 Å². The van der Waals surface area contributed by atoms with E-state index in [9.17, 15) is 0 Å². The zero-order valence-electron chi connectivity index (χ0n) is 21.1. The second-order valence-corrected chi connectivity index (χ2v) is 11.5. The third-order valence-corrected chi connectivity index (χ3v) is 9.67. The molecule has 0 bridgehead atoms. The van der Waals surface area contributed by atoms with Crippen LogP contribution in [-0.2, 0) is 0 Å². The van der Waals surface area contributed by atoms with Crippen LogP contribution in [-0.4, -0.2) is 4.57 Å². The quantitative estimate of drug-likeness (QED) is 0.217. The fourth-order valence-electron chi connectivity index (χ4n) is 6.84. The van der Waals surface area contributed by atoms with Crippen LogP contribution >= 0.6 is 11.3 Å². The molecular formula is C37H23NS.